The predicted molar refractivity (Wildman–Crippen MR) is 104 cm³/mol. The van der Waals surface area contributed by atoms with Gasteiger partial charge in [-0.15, -0.1) is 0 Å². The zero-order valence-electron chi connectivity index (χ0n) is 15.8. The van der Waals surface area contributed by atoms with Crippen molar-refractivity contribution in [2.75, 3.05) is 18.5 Å². The number of para-hydroxylation sites is 1. The molecule has 0 radical (unpaired) electrons. The first-order valence-electron chi connectivity index (χ1n) is 8.81. The molecule has 0 bridgehead atoms. The molecule has 0 aliphatic rings. The number of nitrogens with zero attached hydrogens (tertiary/aromatic N) is 2. The number of amides is 2. The maximum absolute atomic E-state index is 12.8. The van der Waals surface area contributed by atoms with Gasteiger partial charge < -0.3 is 14.9 Å². The van der Waals surface area contributed by atoms with Crippen LogP contribution >= 0.6 is 0 Å². The molecule has 1 unspecified atom stereocenters. The van der Waals surface area contributed by atoms with Crippen molar-refractivity contribution < 1.29 is 19.5 Å². The molecule has 6 nitrogen and oxygen atoms in total. The van der Waals surface area contributed by atoms with E-state index in [1.807, 2.05) is 37.3 Å². The van der Waals surface area contributed by atoms with Gasteiger partial charge in [0.25, 0.3) is 11.8 Å². The topological polar surface area (TPSA) is 77.9 Å². The van der Waals surface area contributed by atoms with Crippen LogP contribution in [0.2, 0.25) is 0 Å². The monoisotopic (exact) mass is 368 g/mol. The Balaban J connectivity index is 2.29. The van der Waals surface area contributed by atoms with Crippen molar-refractivity contribution in [3.8, 4) is 0 Å². The average molecular weight is 368 g/mol. The highest BCUT2D eigenvalue weighted by Crippen LogP contribution is 2.17. The summed E-state index contributed by atoms with van der Waals surface area (Å²) in [5.41, 5.74) is 1.40. The Morgan fingerprint density at radius 1 is 0.963 bits per heavy atom. The molecule has 0 saturated carbocycles. The summed E-state index contributed by atoms with van der Waals surface area (Å²) in [6.45, 7) is 3.32. The number of anilines is 1. The Morgan fingerprint density at radius 3 is 2.11 bits per heavy atom. The van der Waals surface area contributed by atoms with E-state index in [0.29, 0.717) is 17.5 Å². The maximum Gasteiger partial charge on any atom is 0.323 e. The second kappa shape index (κ2) is 8.98. The Morgan fingerprint density at radius 2 is 1.56 bits per heavy atom. The van der Waals surface area contributed by atoms with Crippen LogP contribution in [0.3, 0.4) is 0 Å². The van der Waals surface area contributed by atoms with Crippen molar-refractivity contribution in [1.82, 2.24) is 4.90 Å². The quantitative estimate of drug-likeness (QED) is 0.813. The highest BCUT2D eigenvalue weighted by molar-refractivity contribution is 6.07. The van der Waals surface area contributed by atoms with Crippen LogP contribution in [-0.4, -0.2) is 47.4 Å². The maximum atomic E-state index is 12.8. The summed E-state index contributed by atoms with van der Waals surface area (Å²) in [5.74, 6) is -1.72. The van der Waals surface area contributed by atoms with E-state index >= 15 is 0 Å². The van der Waals surface area contributed by atoms with E-state index < -0.39 is 11.9 Å². The number of carbonyl (C=O) groups excluding carboxylic acids is 2. The third kappa shape index (κ3) is 4.94. The Bertz CT molecular complexity index is 820. The number of aliphatic carboxylic acids is 1. The van der Waals surface area contributed by atoms with Gasteiger partial charge in [-0.25, -0.2) is 0 Å². The summed E-state index contributed by atoms with van der Waals surface area (Å²) >= 11 is 0. The molecule has 6 heteroatoms. The van der Waals surface area contributed by atoms with Gasteiger partial charge in [-0.05, 0) is 43.7 Å². The van der Waals surface area contributed by atoms with Gasteiger partial charge in [0.15, 0.2) is 0 Å². The molecule has 0 aliphatic carbocycles. The van der Waals surface area contributed by atoms with Crippen molar-refractivity contribution in [2.24, 2.45) is 0 Å². The summed E-state index contributed by atoms with van der Waals surface area (Å²) < 4.78 is 0. The van der Waals surface area contributed by atoms with Gasteiger partial charge in [0.2, 0.25) is 0 Å². The number of hydrogen-bond donors (Lipinski definition) is 1. The second-order valence-electron chi connectivity index (χ2n) is 6.36. The number of carboxylic acids is 1. The number of benzene rings is 2. The molecule has 0 spiro atoms. The van der Waals surface area contributed by atoms with Crippen LogP contribution in [0.4, 0.5) is 5.69 Å². The number of rotatable bonds is 7. The fourth-order valence-corrected chi connectivity index (χ4v) is 2.71. The van der Waals surface area contributed by atoms with E-state index in [0.717, 1.165) is 5.69 Å². The van der Waals surface area contributed by atoms with Crippen molar-refractivity contribution in [3.63, 3.8) is 0 Å². The zero-order chi connectivity index (χ0) is 20.0. The van der Waals surface area contributed by atoms with Gasteiger partial charge in [0, 0.05) is 29.9 Å². The lowest BCUT2D eigenvalue weighted by atomic mass is 10.1. The van der Waals surface area contributed by atoms with Crippen LogP contribution in [0, 0.1) is 0 Å². The van der Waals surface area contributed by atoms with Crippen LogP contribution in [0.5, 0.6) is 0 Å². The number of carboxylic acid groups (broad SMARTS) is 1. The van der Waals surface area contributed by atoms with Crippen LogP contribution in [-0.2, 0) is 4.79 Å². The van der Waals surface area contributed by atoms with Gasteiger partial charge in [-0.3, -0.25) is 14.4 Å². The Hall–Kier alpha value is -3.15. The van der Waals surface area contributed by atoms with Crippen molar-refractivity contribution in [1.29, 1.82) is 0 Å². The van der Waals surface area contributed by atoms with Crippen molar-refractivity contribution >= 4 is 23.5 Å². The first-order valence-corrected chi connectivity index (χ1v) is 8.81. The lowest BCUT2D eigenvalue weighted by Crippen LogP contribution is -2.41. The molecule has 0 aromatic heterocycles. The fraction of sp³-hybridized carbons (Fsp3) is 0.286. The smallest absolute Gasteiger partial charge is 0.323 e. The molecule has 27 heavy (non-hydrogen) atoms. The average Bonchev–Trinajstić information content (AvgIpc) is 2.70. The molecule has 0 aliphatic heterocycles. The highest BCUT2D eigenvalue weighted by Gasteiger charge is 2.24. The minimum absolute atomic E-state index is 0.222. The van der Waals surface area contributed by atoms with Crippen LogP contribution < -0.4 is 4.90 Å². The molecule has 2 aromatic carbocycles. The third-order valence-electron chi connectivity index (χ3n) is 4.49. The first-order chi connectivity index (χ1) is 12.8. The lowest BCUT2D eigenvalue weighted by Gasteiger charge is -2.27. The van der Waals surface area contributed by atoms with Crippen LogP contribution in [0.15, 0.2) is 54.6 Å². The van der Waals surface area contributed by atoms with Gasteiger partial charge in [-0.2, -0.15) is 0 Å². The molecule has 0 fully saturated rings. The van der Waals surface area contributed by atoms with E-state index in [1.165, 1.54) is 15.9 Å². The fourth-order valence-electron chi connectivity index (χ4n) is 2.71. The van der Waals surface area contributed by atoms with Crippen molar-refractivity contribution in [3.05, 3.63) is 65.7 Å². The SMILES string of the molecule is CCC(C)N(CC(=O)O)C(=O)c1cccc(C(=O)N(C)c2ccccc2)c1. The standard InChI is InChI=1S/C21H24N2O4/c1-4-15(2)23(14-19(24)25)21(27)17-10-8-9-16(13-17)20(26)22(3)18-11-6-5-7-12-18/h5-13,15H,4,14H2,1-3H3,(H,24,25). The van der Waals surface area contributed by atoms with Gasteiger partial charge in [0.05, 0.1) is 0 Å². The molecule has 1 atom stereocenters. The normalized spacial score (nSPS) is 11.5. The third-order valence-corrected chi connectivity index (χ3v) is 4.49. The Kier molecular flexibility index (Phi) is 6.71. The van der Waals surface area contributed by atoms with E-state index in [2.05, 4.69) is 0 Å². The van der Waals surface area contributed by atoms with E-state index in [1.54, 1.807) is 32.2 Å². The largest absolute Gasteiger partial charge is 0.480 e. The molecule has 1 N–H and O–H groups in total. The molecular weight excluding hydrogens is 344 g/mol. The molecule has 2 amide bonds. The summed E-state index contributed by atoms with van der Waals surface area (Å²) in [5, 5.41) is 9.11. The van der Waals surface area contributed by atoms with Gasteiger partial charge in [0.1, 0.15) is 6.54 Å². The minimum Gasteiger partial charge on any atom is -0.480 e. The molecular formula is C21H24N2O4. The first kappa shape index (κ1) is 20.2. The Labute approximate surface area is 159 Å². The zero-order valence-corrected chi connectivity index (χ0v) is 15.8. The summed E-state index contributed by atoms with van der Waals surface area (Å²) in [6, 6.07) is 15.4. The van der Waals surface area contributed by atoms with E-state index in [-0.39, 0.29) is 18.5 Å². The molecule has 2 aromatic rings. The summed E-state index contributed by atoms with van der Waals surface area (Å²) in [6.07, 6.45) is 0.633. The number of carbonyl (C=O) groups is 3. The molecule has 0 saturated heterocycles. The van der Waals surface area contributed by atoms with Crippen LogP contribution in [0.1, 0.15) is 41.0 Å². The van der Waals surface area contributed by atoms with E-state index in [9.17, 15) is 14.4 Å². The second-order valence-corrected chi connectivity index (χ2v) is 6.36. The highest BCUT2D eigenvalue weighted by atomic mass is 16.4. The molecule has 2 rings (SSSR count). The van der Waals surface area contributed by atoms with Gasteiger partial charge >= 0.3 is 5.97 Å². The van der Waals surface area contributed by atoms with Crippen molar-refractivity contribution in [2.45, 2.75) is 26.3 Å². The predicted octanol–water partition coefficient (Wildman–Crippen LogP) is 3.29. The molecule has 0 heterocycles. The summed E-state index contributed by atoms with van der Waals surface area (Å²) in [4.78, 5) is 39.5. The van der Waals surface area contributed by atoms with Crippen LogP contribution in [0.25, 0.3) is 0 Å². The minimum atomic E-state index is -1.07. The van der Waals surface area contributed by atoms with E-state index in [4.69, 9.17) is 5.11 Å². The lowest BCUT2D eigenvalue weighted by molar-refractivity contribution is -0.138. The molecule has 142 valence electrons. The number of hydrogen-bond acceptors (Lipinski definition) is 3. The summed E-state index contributed by atoms with van der Waals surface area (Å²) in [7, 11) is 1.67. The van der Waals surface area contributed by atoms with Gasteiger partial charge in [-0.1, -0.05) is 31.2 Å².